The quantitative estimate of drug-likeness (QED) is 0.520. The molecule has 1 aliphatic heterocycles. The minimum atomic E-state index is -2.06. The van der Waals surface area contributed by atoms with Gasteiger partial charge in [-0.1, -0.05) is 41.5 Å². The van der Waals surface area contributed by atoms with Crippen LogP contribution in [0.2, 0.25) is 36.3 Å². The van der Waals surface area contributed by atoms with Gasteiger partial charge < -0.3 is 25.1 Å². The predicted octanol–water partition coefficient (Wildman–Crippen LogP) is 4.03. The third-order valence-corrected chi connectivity index (χ3v) is 16.6. The monoisotopic (exact) mass is 498 g/mol. The first kappa shape index (κ1) is 28.2. The standard InChI is InChI=1S/C23H46N4O4Si2/c1-22(2,3)32(7,8)29-15-18-17(31-33(9,10)23(4,5)6)13-19(30-18)27-14-16(11-12-24)20(25)26-21(27)28/h14,17-19H,11-13,15,24H2,1-10H3,(H2,25,26,28)/t17-,18+,19+/m0/s1. The number of aromatic nitrogens is 2. The van der Waals surface area contributed by atoms with Crippen LogP contribution in [0.5, 0.6) is 0 Å². The van der Waals surface area contributed by atoms with Gasteiger partial charge in [0, 0.05) is 18.2 Å². The van der Waals surface area contributed by atoms with Gasteiger partial charge in [-0.2, -0.15) is 4.98 Å². The van der Waals surface area contributed by atoms with Crippen molar-refractivity contribution in [2.45, 2.75) is 109 Å². The van der Waals surface area contributed by atoms with Crippen LogP contribution < -0.4 is 17.2 Å². The summed E-state index contributed by atoms with van der Waals surface area (Å²) in [5.74, 6) is 0.228. The van der Waals surface area contributed by atoms with Crippen molar-refractivity contribution in [3.8, 4) is 0 Å². The Labute approximate surface area is 201 Å². The van der Waals surface area contributed by atoms with Crippen LogP contribution in [0.25, 0.3) is 0 Å². The van der Waals surface area contributed by atoms with Crippen molar-refractivity contribution in [1.82, 2.24) is 9.55 Å². The second kappa shape index (κ2) is 9.90. The van der Waals surface area contributed by atoms with Crippen molar-refractivity contribution in [3.63, 3.8) is 0 Å². The number of nitrogens with zero attached hydrogens (tertiary/aromatic N) is 2. The first-order valence-corrected chi connectivity index (χ1v) is 17.8. The summed E-state index contributed by atoms with van der Waals surface area (Å²) in [6.07, 6.45) is 1.94. The summed E-state index contributed by atoms with van der Waals surface area (Å²) in [7, 11) is -4.04. The molecule has 0 amide bonds. The van der Waals surface area contributed by atoms with E-state index in [1.807, 2.05) is 0 Å². The van der Waals surface area contributed by atoms with Crippen molar-refractivity contribution >= 4 is 22.5 Å². The molecule has 33 heavy (non-hydrogen) atoms. The normalized spacial score (nSPS) is 22.7. The van der Waals surface area contributed by atoms with Crippen LogP contribution in [0.4, 0.5) is 5.82 Å². The second-order valence-electron chi connectivity index (χ2n) is 12.2. The zero-order valence-electron chi connectivity index (χ0n) is 22.3. The molecule has 0 saturated carbocycles. The molecule has 2 rings (SSSR count). The first-order chi connectivity index (χ1) is 14.9. The third kappa shape index (κ3) is 6.55. The molecule has 10 heteroatoms. The molecule has 2 heterocycles. The van der Waals surface area contributed by atoms with E-state index in [1.54, 1.807) is 6.20 Å². The number of hydrogen-bond acceptors (Lipinski definition) is 7. The van der Waals surface area contributed by atoms with Crippen LogP contribution >= 0.6 is 0 Å². The lowest BCUT2D eigenvalue weighted by Crippen LogP contribution is -2.48. The SMILES string of the molecule is CC(C)(C)[Si](C)(C)OC[C@H]1O[C@@H](n2cc(CCN)c(N)nc2=O)C[C@@H]1O[Si](C)(C)C(C)(C)C. The zero-order valence-corrected chi connectivity index (χ0v) is 24.3. The Kier molecular flexibility index (Phi) is 8.46. The Morgan fingerprint density at radius 2 is 1.70 bits per heavy atom. The van der Waals surface area contributed by atoms with E-state index in [0.717, 1.165) is 5.56 Å². The summed E-state index contributed by atoms with van der Waals surface area (Å²) in [6.45, 7) is 23.1. The zero-order chi connectivity index (χ0) is 25.4. The summed E-state index contributed by atoms with van der Waals surface area (Å²) in [5, 5.41) is 0.152. The highest BCUT2D eigenvalue weighted by Crippen LogP contribution is 2.42. The van der Waals surface area contributed by atoms with Gasteiger partial charge in [0.05, 0.1) is 12.7 Å². The van der Waals surface area contributed by atoms with E-state index in [2.05, 4.69) is 72.7 Å². The van der Waals surface area contributed by atoms with E-state index < -0.39 is 28.6 Å². The Balaban J connectivity index is 2.35. The largest absolute Gasteiger partial charge is 0.414 e. The fourth-order valence-electron chi connectivity index (χ4n) is 3.28. The number of nitrogens with two attached hydrogens (primary N) is 2. The topological polar surface area (TPSA) is 115 Å². The summed E-state index contributed by atoms with van der Waals surface area (Å²) in [5.41, 5.74) is 12.0. The number of anilines is 1. The molecule has 1 aromatic rings. The molecule has 0 spiro atoms. The van der Waals surface area contributed by atoms with Gasteiger partial charge in [0.15, 0.2) is 16.6 Å². The smallest absolute Gasteiger partial charge is 0.351 e. The number of nitrogen functional groups attached to an aromatic ring is 1. The van der Waals surface area contributed by atoms with Crippen LogP contribution in [0.3, 0.4) is 0 Å². The first-order valence-electron chi connectivity index (χ1n) is 11.9. The molecule has 1 fully saturated rings. The average molecular weight is 499 g/mol. The summed E-state index contributed by atoms with van der Waals surface area (Å²) in [4.78, 5) is 16.7. The molecule has 0 unspecified atom stereocenters. The molecular weight excluding hydrogens is 452 g/mol. The summed E-state index contributed by atoms with van der Waals surface area (Å²) < 4.78 is 21.3. The third-order valence-electron chi connectivity index (χ3n) is 7.63. The van der Waals surface area contributed by atoms with Gasteiger partial charge in [-0.3, -0.25) is 4.57 Å². The molecule has 0 aliphatic carbocycles. The lowest BCUT2D eigenvalue weighted by Gasteiger charge is -2.40. The van der Waals surface area contributed by atoms with Crippen molar-refractivity contribution < 1.29 is 13.6 Å². The second-order valence-corrected chi connectivity index (χ2v) is 21.8. The fourth-order valence-corrected chi connectivity index (χ4v) is 5.66. The minimum absolute atomic E-state index is 0.0593. The van der Waals surface area contributed by atoms with Gasteiger partial charge in [0.2, 0.25) is 0 Å². The van der Waals surface area contributed by atoms with Crippen LogP contribution in [-0.4, -0.2) is 51.5 Å². The van der Waals surface area contributed by atoms with Crippen molar-refractivity contribution in [2.75, 3.05) is 18.9 Å². The van der Waals surface area contributed by atoms with Crippen LogP contribution in [-0.2, 0) is 20.0 Å². The summed E-state index contributed by atoms with van der Waals surface area (Å²) >= 11 is 0. The molecule has 1 saturated heterocycles. The Morgan fingerprint density at radius 3 is 2.21 bits per heavy atom. The average Bonchev–Trinajstić information content (AvgIpc) is 3.02. The molecule has 1 aromatic heterocycles. The Hall–Kier alpha value is -1.05. The molecule has 3 atom stereocenters. The van der Waals surface area contributed by atoms with E-state index in [0.29, 0.717) is 26.0 Å². The predicted molar refractivity (Wildman–Crippen MR) is 139 cm³/mol. The molecule has 0 bridgehead atoms. The van der Waals surface area contributed by atoms with E-state index in [9.17, 15) is 4.79 Å². The van der Waals surface area contributed by atoms with Gasteiger partial charge in [-0.15, -0.1) is 0 Å². The molecule has 0 radical (unpaired) electrons. The maximum Gasteiger partial charge on any atom is 0.351 e. The Bertz CT molecular complexity index is 875. The van der Waals surface area contributed by atoms with Gasteiger partial charge in [-0.25, -0.2) is 4.79 Å². The minimum Gasteiger partial charge on any atom is -0.414 e. The number of ether oxygens (including phenoxy) is 1. The maximum absolute atomic E-state index is 12.7. The Morgan fingerprint density at radius 1 is 1.12 bits per heavy atom. The molecule has 4 N–H and O–H groups in total. The highest BCUT2D eigenvalue weighted by Gasteiger charge is 2.46. The van der Waals surface area contributed by atoms with Crippen LogP contribution in [0, 0.1) is 0 Å². The maximum atomic E-state index is 12.7. The van der Waals surface area contributed by atoms with E-state index >= 15 is 0 Å². The van der Waals surface area contributed by atoms with Gasteiger partial charge >= 0.3 is 5.69 Å². The number of rotatable bonds is 8. The van der Waals surface area contributed by atoms with E-state index in [4.69, 9.17) is 25.1 Å². The van der Waals surface area contributed by atoms with E-state index in [1.165, 1.54) is 4.57 Å². The van der Waals surface area contributed by atoms with Crippen molar-refractivity contribution in [2.24, 2.45) is 5.73 Å². The van der Waals surface area contributed by atoms with Gasteiger partial charge in [-0.05, 0) is 49.2 Å². The van der Waals surface area contributed by atoms with Gasteiger partial charge in [0.1, 0.15) is 18.1 Å². The summed E-state index contributed by atoms with van der Waals surface area (Å²) in [6, 6.07) is 0. The van der Waals surface area contributed by atoms with Gasteiger partial charge in [0.25, 0.3) is 0 Å². The van der Waals surface area contributed by atoms with Crippen LogP contribution in [0.1, 0.15) is 59.8 Å². The fraction of sp³-hybridized carbons (Fsp3) is 0.826. The lowest BCUT2D eigenvalue weighted by molar-refractivity contribution is -0.0412. The molecular formula is C23H46N4O4Si2. The van der Waals surface area contributed by atoms with Crippen molar-refractivity contribution in [1.29, 1.82) is 0 Å². The van der Waals surface area contributed by atoms with Crippen LogP contribution in [0.15, 0.2) is 11.0 Å². The van der Waals surface area contributed by atoms with E-state index in [-0.39, 0.29) is 28.1 Å². The molecule has 190 valence electrons. The number of hydrogen-bond donors (Lipinski definition) is 2. The molecule has 0 aromatic carbocycles. The molecule has 1 aliphatic rings. The highest BCUT2D eigenvalue weighted by molar-refractivity contribution is 6.74. The highest BCUT2D eigenvalue weighted by atomic mass is 28.4. The molecule has 8 nitrogen and oxygen atoms in total. The van der Waals surface area contributed by atoms with Crippen molar-refractivity contribution in [3.05, 3.63) is 22.2 Å². The lowest BCUT2D eigenvalue weighted by atomic mass is 10.2.